The number of hydrogen-bond acceptors (Lipinski definition) is 4. The first-order valence-corrected chi connectivity index (χ1v) is 11.0. The molecule has 0 N–H and O–H groups in total. The van der Waals surface area contributed by atoms with Gasteiger partial charge in [-0.25, -0.2) is 12.7 Å². The van der Waals surface area contributed by atoms with Gasteiger partial charge in [-0.1, -0.05) is 62.4 Å². The zero-order valence-corrected chi connectivity index (χ0v) is 16.7. The predicted molar refractivity (Wildman–Crippen MR) is 107 cm³/mol. The molecule has 2 aromatic rings. The van der Waals surface area contributed by atoms with Gasteiger partial charge in [0.2, 0.25) is 10.0 Å². The van der Waals surface area contributed by atoms with Crippen LogP contribution in [0.4, 0.5) is 0 Å². The Bertz CT molecular complexity index is 893. The van der Waals surface area contributed by atoms with Gasteiger partial charge in [0.25, 0.3) is 5.91 Å². The monoisotopic (exact) mass is 386 g/mol. The zero-order chi connectivity index (χ0) is 19.4. The summed E-state index contributed by atoms with van der Waals surface area (Å²) in [6, 6.07) is 15.9. The number of benzene rings is 2. The molecule has 1 aliphatic rings. The third kappa shape index (κ3) is 4.06. The molecule has 144 valence electrons. The van der Waals surface area contributed by atoms with Crippen LogP contribution in [0.25, 0.3) is 0 Å². The van der Waals surface area contributed by atoms with Crippen molar-refractivity contribution in [2.24, 2.45) is 0 Å². The molecule has 0 aliphatic carbocycles. The van der Waals surface area contributed by atoms with Crippen LogP contribution >= 0.6 is 0 Å². The molecule has 0 saturated carbocycles. The number of amides is 1. The van der Waals surface area contributed by atoms with Gasteiger partial charge in [-0.15, -0.1) is 0 Å². The van der Waals surface area contributed by atoms with E-state index in [9.17, 15) is 13.2 Å². The van der Waals surface area contributed by atoms with Crippen LogP contribution in [0, 0.1) is 0 Å². The van der Waals surface area contributed by atoms with Crippen LogP contribution in [0.5, 0.6) is 0 Å². The predicted octanol–water partition coefficient (Wildman–Crippen LogP) is 3.45. The summed E-state index contributed by atoms with van der Waals surface area (Å²) in [6.45, 7) is 6.68. The number of nitrogens with zero attached hydrogens (tertiary/aromatic N) is 2. The second-order valence-electron chi connectivity index (χ2n) is 6.76. The maximum Gasteiger partial charge on any atom is 0.268 e. The normalized spacial score (nSPS) is 17.0. The van der Waals surface area contributed by atoms with Gasteiger partial charge in [-0.3, -0.25) is 4.79 Å². The minimum Gasteiger partial charge on any atom is -0.304 e. The van der Waals surface area contributed by atoms with Gasteiger partial charge in [0, 0.05) is 12.1 Å². The van der Waals surface area contributed by atoms with E-state index >= 15 is 0 Å². The average Bonchev–Trinajstić information content (AvgIpc) is 2.67. The van der Waals surface area contributed by atoms with Crippen molar-refractivity contribution in [3.8, 4) is 0 Å². The summed E-state index contributed by atoms with van der Waals surface area (Å²) < 4.78 is 27.2. The molecule has 0 fully saturated rings. The van der Waals surface area contributed by atoms with Crippen molar-refractivity contribution in [3.05, 3.63) is 71.3 Å². The zero-order valence-electron chi connectivity index (χ0n) is 15.8. The first kappa shape index (κ1) is 19.6. The molecule has 6 heteroatoms. The standard InChI is InChI=1S/C21H26N2O3S/c1-3-22(4-2)15-14-20(17-10-6-5-7-11-17)23-21(24)19-13-9-8-12-18(19)16-27(23,25)26/h5-13,20H,3-4,14-16H2,1-2H3. The van der Waals surface area contributed by atoms with E-state index in [1.165, 1.54) is 0 Å². The highest BCUT2D eigenvalue weighted by Crippen LogP contribution is 2.34. The van der Waals surface area contributed by atoms with Gasteiger partial charge in [0.05, 0.1) is 11.8 Å². The number of rotatable bonds is 7. The SMILES string of the molecule is CCN(CC)CCC(c1ccccc1)N1C(=O)c2ccccc2CS1(=O)=O. The van der Waals surface area contributed by atoms with Gasteiger partial charge >= 0.3 is 0 Å². The highest BCUT2D eigenvalue weighted by atomic mass is 32.2. The van der Waals surface area contributed by atoms with Crippen molar-refractivity contribution in [2.45, 2.75) is 32.1 Å². The fourth-order valence-corrected chi connectivity index (χ4v) is 5.39. The number of carbonyl (C=O) groups excluding carboxylic acids is 1. The van der Waals surface area contributed by atoms with Gasteiger partial charge < -0.3 is 4.90 Å². The maximum absolute atomic E-state index is 13.2. The van der Waals surface area contributed by atoms with Crippen molar-refractivity contribution in [2.75, 3.05) is 19.6 Å². The summed E-state index contributed by atoms with van der Waals surface area (Å²) in [5.41, 5.74) is 1.91. The molecular formula is C21H26N2O3S. The number of carbonyl (C=O) groups is 1. The van der Waals surface area contributed by atoms with E-state index in [1.54, 1.807) is 24.3 Å². The molecule has 0 bridgehead atoms. The third-order valence-electron chi connectivity index (χ3n) is 5.17. The van der Waals surface area contributed by atoms with Crippen molar-refractivity contribution >= 4 is 15.9 Å². The lowest BCUT2D eigenvalue weighted by atomic mass is 10.0. The Morgan fingerprint density at radius 1 is 1.00 bits per heavy atom. The fraction of sp³-hybridized carbons (Fsp3) is 0.381. The highest BCUT2D eigenvalue weighted by Gasteiger charge is 2.40. The molecule has 1 amide bonds. The van der Waals surface area contributed by atoms with Crippen molar-refractivity contribution in [1.29, 1.82) is 0 Å². The Balaban J connectivity index is 2.01. The smallest absolute Gasteiger partial charge is 0.268 e. The van der Waals surface area contributed by atoms with Crippen LogP contribution in [0.1, 0.15) is 47.8 Å². The molecule has 3 rings (SSSR count). The lowest BCUT2D eigenvalue weighted by Gasteiger charge is -2.36. The maximum atomic E-state index is 13.2. The number of hydrogen-bond donors (Lipinski definition) is 0. The first-order chi connectivity index (χ1) is 13.0. The summed E-state index contributed by atoms with van der Waals surface area (Å²) in [7, 11) is -3.73. The Hall–Kier alpha value is -2.18. The van der Waals surface area contributed by atoms with E-state index in [-0.39, 0.29) is 5.75 Å². The third-order valence-corrected chi connectivity index (χ3v) is 6.86. The van der Waals surface area contributed by atoms with Crippen LogP contribution in [0.15, 0.2) is 54.6 Å². The van der Waals surface area contributed by atoms with Crippen LogP contribution in [-0.4, -0.2) is 43.2 Å². The first-order valence-electron chi connectivity index (χ1n) is 9.39. The molecule has 0 spiro atoms. The van der Waals surface area contributed by atoms with Gasteiger partial charge in [0.1, 0.15) is 0 Å². The lowest BCUT2D eigenvalue weighted by molar-refractivity contribution is 0.0801. The molecule has 2 aromatic carbocycles. The average molecular weight is 387 g/mol. The second-order valence-corrected chi connectivity index (χ2v) is 8.60. The number of fused-ring (bicyclic) bond motifs is 1. The van der Waals surface area contributed by atoms with Crippen LogP contribution < -0.4 is 0 Å². The van der Waals surface area contributed by atoms with E-state index < -0.39 is 22.0 Å². The Labute approximate surface area is 161 Å². The minimum absolute atomic E-state index is 0.135. The molecule has 5 nitrogen and oxygen atoms in total. The molecule has 1 heterocycles. The van der Waals surface area contributed by atoms with Gasteiger partial charge in [0.15, 0.2) is 0 Å². The molecule has 27 heavy (non-hydrogen) atoms. The van der Waals surface area contributed by atoms with Crippen molar-refractivity contribution < 1.29 is 13.2 Å². The highest BCUT2D eigenvalue weighted by molar-refractivity contribution is 7.89. The number of sulfonamides is 1. The van der Waals surface area contributed by atoms with E-state index in [2.05, 4.69) is 18.7 Å². The van der Waals surface area contributed by atoms with Crippen molar-refractivity contribution in [3.63, 3.8) is 0 Å². The molecule has 0 aromatic heterocycles. The summed E-state index contributed by atoms with van der Waals surface area (Å²) >= 11 is 0. The quantitative estimate of drug-likeness (QED) is 0.731. The molecule has 0 saturated heterocycles. The van der Waals surface area contributed by atoms with E-state index in [4.69, 9.17) is 0 Å². The fourth-order valence-electron chi connectivity index (χ4n) is 3.64. The topological polar surface area (TPSA) is 57.7 Å². The van der Waals surface area contributed by atoms with Crippen molar-refractivity contribution in [1.82, 2.24) is 9.21 Å². The van der Waals surface area contributed by atoms with Gasteiger partial charge in [-0.2, -0.15) is 0 Å². The Morgan fingerprint density at radius 3 is 2.30 bits per heavy atom. The van der Waals surface area contributed by atoms with E-state index in [0.29, 0.717) is 17.5 Å². The minimum atomic E-state index is -3.73. The summed E-state index contributed by atoms with van der Waals surface area (Å²) in [5.74, 6) is -0.561. The lowest BCUT2D eigenvalue weighted by Crippen LogP contribution is -2.45. The Morgan fingerprint density at radius 2 is 1.63 bits per heavy atom. The summed E-state index contributed by atoms with van der Waals surface area (Å²) in [4.78, 5) is 15.4. The molecule has 1 unspecified atom stereocenters. The van der Waals surface area contributed by atoms with E-state index in [0.717, 1.165) is 29.5 Å². The van der Waals surface area contributed by atoms with Crippen LogP contribution in [-0.2, 0) is 15.8 Å². The summed E-state index contributed by atoms with van der Waals surface area (Å²) in [5, 5.41) is 0. The Kier molecular flexibility index (Phi) is 5.97. The van der Waals surface area contributed by atoms with Gasteiger partial charge in [-0.05, 0) is 36.7 Å². The van der Waals surface area contributed by atoms with E-state index in [1.807, 2.05) is 30.3 Å². The van der Waals surface area contributed by atoms with Crippen LogP contribution in [0.3, 0.4) is 0 Å². The van der Waals surface area contributed by atoms with Crippen LogP contribution in [0.2, 0.25) is 0 Å². The summed E-state index contributed by atoms with van der Waals surface area (Å²) in [6.07, 6.45) is 0.568. The molecule has 1 atom stereocenters. The molecule has 0 radical (unpaired) electrons. The molecule has 1 aliphatic heterocycles. The second kappa shape index (κ2) is 8.23. The largest absolute Gasteiger partial charge is 0.304 e. The molecular weight excluding hydrogens is 360 g/mol.